The summed E-state index contributed by atoms with van der Waals surface area (Å²) in [7, 11) is 1.26. The van der Waals surface area contributed by atoms with Gasteiger partial charge in [0.05, 0.1) is 13.2 Å². The Kier molecular flexibility index (Phi) is 4.07. The Balaban J connectivity index is 2.72. The fourth-order valence-electron chi connectivity index (χ4n) is 0.930. The van der Waals surface area contributed by atoms with Gasteiger partial charge in [-0.1, -0.05) is 30.3 Å². The van der Waals surface area contributed by atoms with E-state index >= 15 is 0 Å². The van der Waals surface area contributed by atoms with Gasteiger partial charge in [0.1, 0.15) is 0 Å². The number of benzene rings is 1. The van der Waals surface area contributed by atoms with Crippen LogP contribution in [0.25, 0.3) is 0 Å². The van der Waals surface area contributed by atoms with Gasteiger partial charge >= 0.3 is 5.97 Å². The average molecular weight is 202 g/mol. The summed E-state index contributed by atoms with van der Waals surface area (Å²) in [6, 6.07) is 8.75. The Morgan fingerprint density at radius 3 is 2.47 bits per heavy atom. The van der Waals surface area contributed by atoms with Crippen LogP contribution in [-0.2, 0) is 9.53 Å². The fraction of sp³-hybridized carbons (Fsp3) is 0.0833. The molecule has 3 heteroatoms. The van der Waals surface area contributed by atoms with Gasteiger partial charge in [-0.05, 0) is 0 Å². The van der Waals surface area contributed by atoms with Crippen molar-refractivity contribution in [3.8, 4) is 0 Å². The van der Waals surface area contributed by atoms with Crippen LogP contribution in [0.5, 0.6) is 0 Å². The molecular weight excluding hydrogens is 192 g/mol. The predicted octanol–water partition coefficient (Wildman–Crippen LogP) is 1.75. The van der Waals surface area contributed by atoms with Gasteiger partial charge in [-0.15, -0.1) is 5.73 Å². The topological polar surface area (TPSA) is 43.4 Å². The molecule has 0 heterocycles. The first-order chi connectivity index (χ1) is 7.24. The Hall–Kier alpha value is -2.12. The largest absolute Gasteiger partial charge is 0.465 e. The van der Waals surface area contributed by atoms with Crippen LogP contribution in [-0.4, -0.2) is 18.9 Å². The molecule has 0 bridgehead atoms. The normalized spacial score (nSPS) is 8.60. The van der Waals surface area contributed by atoms with E-state index in [1.165, 1.54) is 13.2 Å². The van der Waals surface area contributed by atoms with Crippen LogP contribution >= 0.6 is 0 Å². The van der Waals surface area contributed by atoms with E-state index in [9.17, 15) is 9.59 Å². The van der Waals surface area contributed by atoms with E-state index in [1.54, 1.807) is 24.3 Å². The number of ether oxygens (including phenoxy) is 1. The summed E-state index contributed by atoms with van der Waals surface area (Å²) in [6.07, 6.45) is 2.27. The SMILES string of the molecule is COC(=O)C=C=CC(=O)c1ccccc1. The fourth-order valence-corrected chi connectivity index (χ4v) is 0.930. The summed E-state index contributed by atoms with van der Waals surface area (Å²) >= 11 is 0. The first-order valence-electron chi connectivity index (χ1n) is 4.34. The minimum Gasteiger partial charge on any atom is -0.465 e. The molecule has 76 valence electrons. The van der Waals surface area contributed by atoms with E-state index in [-0.39, 0.29) is 5.78 Å². The first-order valence-corrected chi connectivity index (χ1v) is 4.34. The van der Waals surface area contributed by atoms with Gasteiger partial charge < -0.3 is 4.74 Å². The van der Waals surface area contributed by atoms with Crippen molar-refractivity contribution in [3.05, 3.63) is 53.8 Å². The van der Waals surface area contributed by atoms with Crippen LogP contribution in [0.3, 0.4) is 0 Å². The minimum atomic E-state index is -0.535. The van der Waals surface area contributed by atoms with Gasteiger partial charge in [-0.2, -0.15) is 0 Å². The standard InChI is InChI=1S/C12H10O3/c1-15-12(14)9-5-8-11(13)10-6-3-2-4-7-10/h2-4,6-9H,1H3. The molecule has 1 rings (SSSR count). The van der Waals surface area contributed by atoms with Gasteiger partial charge in [0, 0.05) is 11.6 Å². The van der Waals surface area contributed by atoms with Crippen LogP contribution in [0, 0.1) is 0 Å². The van der Waals surface area contributed by atoms with Crippen molar-refractivity contribution in [1.29, 1.82) is 0 Å². The number of esters is 1. The molecule has 1 aromatic rings. The van der Waals surface area contributed by atoms with E-state index in [1.807, 2.05) is 6.07 Å². The van der Waals surface area contributed by atoms with Gasteiger partial charge in [-0.25, -0.2) is 4.79 Å². The number of methoxy groups -OCH3 is 1. The molecule has 0 aliphatic carbocycles. The molecule has 0 aliphatic heterocycles. The van der Waals surface area contributed by atoms with Crippen molar-refractivity contribution >= 4 is 11.8 Å². The highest BCUT2D eigenvalue weighted by atomic mass is 16.5. The number of rotatable bonds is 3. The maximum atomic E-state index is 11.4. The molecule has 15 heavy (non-hydrogen) atoms. The van der Waals surface area contributed by atoms with Crippen molar-refractivity contribution < 1.29 is 14.3 Å². The highest BCUT2D eigenvalue weighted by Crippen LogP contribution is 1.99. The Morgan fingerprint density at radius 1 is 1.20 bits per heavy atom. The molecule has 0 fully saturated rings. The quantitative estimate of drug-likeness (QED) is 0.324. The zero-order valence-electron chi connectivity index (χ0n) is 8.27. The van der Waals surface area contributed by atoms with Gasteiger partial charge in [0.2, 0.25) is 0 Å². The van der Waals surface area contributed by atoms with Gasteiger partial charge in [-0.3, -0.25) is 4.79 Å². The number of hydrogen-bond donors (Lipinski definition) is 0. The molecule has 0 aromatic heterocycles. The van der Waals surface area contributed by atoms with E-state index in [2.05, 4.69) is 10.5 Å². The summed E-state index contributed by atoms with van der Waals surface area (Å²) in [5, 5.41) is 0. The van der Waals surface area contributed by atoms with Crippen molar-refractivity contribution in [3.63, 3.8) is 0 Å². The molecule has 0 atom stereocenters. The molecule has 1 aromatic carbocycles. The summed E-state index contributed by atoms with van der Waals surface area (Å²) < 4.78 is 4.35. The van der Waals surface area contributed by atoms with E-state index in [0.717, 1.165) is 6.08 Å². The Labute approximate surface area is 87.7 Å². The molecule has 0 radical (unpaired) electrons. The van der Waals surface area contributed by atoms with Crippen LogP contribution in [0.2, 0.25) is 0 Å². The van der Waals surface area contributed by atoms with E-state index < -0.39 is 5.97 Å². The van der Waals surface area contributed by atoms with Crippen molar-refractivity contribution in [2.75, 3.05) is 7.11 Å². The number of hydrogen-bond acceptors (Lipinski definition) is 3. The van der Waals surface area contributed by atoms with Crippen LogP contribution in [0.1, 0.15) is 10.4 Å². The summed E-state index contributed by atoms with van der Waals surface area (Å²) in [5.41, 5.74) is 3.02. The van der Waals surface area contributed by atoms with Crippen LogP contribution in [0.4, 0.5) is 0 Å². The average Bonchev–Trinajstić information content (AvgIpc) is 2.29. The molecule has 0 saturated heterocycles. The third-order valence-electron chi connectivity index (χ3n) is 1.68. The smallest absolute Gasteiger partial charge is 0.338 e. The van der Waals surface area contributed by atoms with Crippen molar-refractivity contribution in [2.45, 2.75) is 0 Å². The first kappa shape index (κ1) is 11.0. The van der Waals surface area contributed by atoms with Crippen molar-refractivity contribution in [1.82, 2.24) is 0 Å². The third kappa shape index (κ3) is 3.63. The minimum absolute atomic E-state index is 0.198. The maximum Gasteiger partial charge on any atom is 0.338 e. The third-order valence-corrected chi connectivity index (χ3v) is 1.68. The number of carbonyl (C=O) groups excluding carboxylic acids is 2. The Bertz CT molecular complexity index is 412. The lowest BCUT2D eigenvalue weighted by Crippen LogP contribution is -1.94. The second kappa shape index (κ2) is 5.58. The van der Waals surface area contributed by atoms with Crippen molar-refractivity contribution in [2.24, 2.45) is 0 Å². The monoisotopic (exact) mass is 202 g/mol. The lowest BCUT2D eigenvalue weighted by Gasteiger charge is -1.91. The van der Waals surface area contributed by atoms with E-state index in [0.29, 0.717) is 5.56 Å². The summed E-state index contributed by atoms with van der Waals surface area (Å²) in [5.74, 6) is -0.733. The zero-order chi connectivity index (χ0) is 11.1. The molecule has 0 unspecified atom stereocenters. The van der Waals surface area contributed by atoms with Gasteiger partial charge in [0.15, 0.2) is 5.78 Å². The summed E-state index contributed by atoms with van der Waals surface area (Å²) in [6.45, 7) is 0. The van der Waals surface area contributed by atoms with Crippen LogP contribution < -0.4 is 0 Å². The molecule has 0 saturated carbocycles. The number of ketones is 1. The Morgan fingerprint density at radius 2 is 1.87 bits per heavy atom. The zero-order valence-corrected chi connectivity index (χ0v) is 8.27. The van der Waals surface area contributed by atoms with Gasteiger partial charge in [0.25, 0.3) is 0 Å². The van der Waals surface area contributed by atoms with Crippen LogP contribution in [0.15, 0.2) is 48.2 Å². The molecular formula is C12H10O3. The van der Waals surface area contributed by atoms with E-state index in [4.69, 9.17) is 0 Å². The molecule has 0 N–H and O–H groups in total. The second-order valence-electron chi connectivity index (χ2n) is 2.71. The molecule has 0 aliphatic rings. The molecule has 0 spiro atoms. The molecule has 3 nitrogen and oxygen atoms in total. The lowest BCUT2D eigenvalue weighted by molar-refractivity contribution is -0.134. The highest BCUT2D eigenvalue weighted by Gasteiger charge is 1.98. The number of carbonyl (C=O) groups is 2. The maximum absolute atomic E-state index is 11.4. The molecule has 0 amide bonds. The lowest BCUT2D eigenvalue weighted by atomic mass is 10.1. The summed E-state index contributed by atoms with van der Waals surface area (Å²) in [4.78, 5) is 22.1. The predicted molar refractivity (Wildman–Crippen MR) is 55.4 cm³/mol. The highest BCUT2D eigenvalue weighted by molar-refractivity contribution is 6.04. The second-order valence-corrected chi connectivity index (χ2v) is 2.71.